The lowest BCUT2D eigenvalue weighted by molar-refractivity contribution is 0.669. The Balaban J connectivity index is 1.04. The normalized spacial score (nSPS) is 11.5. The maximum Gasteiger partial charge on any atom is 0.137 e. The number of para-hydroxylation sites is 5. The summed E-state index contributed by atoms with van der Waals surface area (Å²) in [6.07, 6.45) is 0. The van der Waals surface area contributed by atoms with Crippen LogP contribution in [0.25, 0.3) is 82.8 Å². The topological polar surface area (TPSA) is 21.3 Å². The van der Waals surface area contributed by atoms with Gasteiger partial charge in [-0.05, 0) is 82.9 Å². The third kappa shape index (κ3) is 5.51. The highest BCUT2D eigenvalue weighted by Crippen LogP contribution is 2.46. The van der Waals surface area contributed by atoms with E-state index in [1.807, 2.05) is 12.1 Å². The van der Waals surface area contributed by atoms with Gasteiger partial charge in [-0.2, -0.15) is 0 Å². The van der Waals surface area contributed by atoms with Crippen molar-refractivity contribution in [3.63, 3.8) is 0 Å². The number of hydrogen-bond donors (Lipinski definition) is 0. The largest absolute Gasteiger partial charge is 0.456 e. The lowest BCUT2D eigenvalue weighted by Gasteiger charge is -2.28. The van der Waals surface area contributed by atoms with Gasteiger partial charge in [-0.25, -0.2) is 0 Å². The van der Waals surface area contributed by atoms with E-state index in [-0.39, 0.29) is 0 Å². The van der Waals surface area contributed by atoms with Crippen molar-refractivity contribution in [1.29, 1.82) is 0 Å². The number of fused-ring (bicyclic) bond motifs is 6. The van der Waals surface area contributed by atoms with Gasteiger partial charge in [0, 0.05) is 33.0 Å². The summed E-state index contributed by atoms with van der Waals surface area (Å²) in [5.74, 6) is 0. The molecule has 0 fully saturated rings. The zero-order valence-corrected chi connectivity index (χ0v) is 31.1. The Bertz CT molecular complexity index is 3190. The molecule has 11 aromatic rings. The van der Waals surface area contributed by atoms with E-state index >= 15 is 0 Å². The fourth-order valence-corrected chi connectivity index (χ4v) is 8.64. The van der Waals surface area contributed by atoms with Crippen molar-refractivity contribution in [2.75, 3.05) is 4.90 Å². The first-order chi connectivity index (χ1) is 28.3. The number of rotatable bonds is 7. The molecule has 2 heterocycles. The molecule has 3 heteroatoms. The number of hydrogen-bond acceptors (Lipinski definition) is 2. The van der Waals surface area contributed by atoms with Crippen molar-refractivity contribution in [2.24, 2.45) is 0 Å². The van der Waals surface area contributed by atoms with Crippen molar-refractivity contribution in [3.05, 3.63) is 218 Å². The summed E-state index contributed by atoms with van der Waals surface area (Å²) in [4.78, 5) is 2.38. The van der Waals surface area contributed by atoms with E-state index in [0.29, 0.717) is 0 Å². The molecule has 0 aliphatic carbocycles. The maximum atomic E-state index is 6.40. The Morgan fingerprint density at radius 2 is 0.912 bits per heavy atom. The second-order valence-electron chi connectivity index (χ2n) is 14.5. The van der Waals surface area contributed by atoms with Crippen LogP contribution in [0.15, 0.2) is 223 Å². The summed E-state index contributed by atoms with van der Waals surface area (Å²) < 4.78 is 8.81. The summed E-state index contributed by atoms with van der Waals surface area (Å²) >= 11 is 0. The Hall–Kier alpha value is -7.62. The first-order valence-corrected chi connectivity index (χ1v) is 19.4. The van der Waals surface area contributed by atoms with Gasteiger partial charge in [0.25, 0.3) is 0 Å². The Morgan fingerprint density at radius 1 is 0.351 bits per heavy atom. The molecule has 0 N–H and O–H groups in total. The zero-order valence-electron chi connectivity index (χ0n) is 31.1. The number of aromatic nitrogens is 1. The van der Waals surface area contributed by atoms with E-state index in [4.69, 9.17) is 4.42 Å². The lowest BCUT2D eigenvalue weighted by Crippen LogP contribution is -2.11. The van der Waals surface area contributed by atoms with Crippen LogP contribution in [0.2, 0.25) is 0 Å². The average Bonchev–Trinajstić information content (AvgIpc) is 3.84. The van der Waals surface area contributed by atoms with Crippen LogP contribution in [0.4, 0.5) is 17.1 Å². The van der Waals surface area contributed by atoms with Crippen molar-refractivity contribution >= 4 is 60.8 Å². The van der Waals surface area contributed by atoms with Crippen LogP contribution in [0.5, 0.6) is 0 Å². The van der Waals surface area contributed by atoms with E-state index in [1.54, 1.807) is 0 Å². The number of nitrogens with zero attached hydrogens (tertiary/aromatic N) is 2. The number of anilines is 3. The van der Waals surface area contributed by atoms with Crippen molar-refractivity contribution < 1.29 is 4.42 Å². The highest BCUT2D eigenvalue weighted by molar-refractivity contribution is 6.14. The van der Waals surface area contributed by atoms with Gasteiger partial charge in [-0.1, -0.05) is 158 Å². The van der Waals surface area contributed by atoms with E-state index in [2.05, 4.69) is 216 Å². The summed E-state index contributed by atoms with van der Waals surface area (Å²) in [6.45, 7) is 0. The molecule has 268 valence electrons. The summed E-state index contributed by atoms with van der Waals surface area (Å²) in [6, 6.07) is 78.1. The number of furan rings is 1. The van der Waals surface area contributed by atoms with E-state index in [1.165, 1.54) is 32.9 Å². The van der Waals surface area contributed by atoms with Gasteiger partial charge in [0.1, 0.15) is 11.2 Å². The minimum atomic E-state index is 0.866. The van der Waals surface area contributed by atoms with E-state index < -0.39 is 0 Å². The monoisotopic (exact) mass is 728 g/mol. The quantitative estimate of drug-likeness (QED) is 0.163. The molecule has 2 aromatic heterocycles. The van der Waals surface area contributed by atoms with Crippen LogP contribution in [0, 0.1) is 0 Å². The average molecular weight is 729 g/mol. The Labute approximate surface area is 330 Å². The fourth-order valence-electron chi connectivity index (χ4n) is 8.64. The molecule has 9 aromatic carbocycles. The van der Waals surface area contributed by atoms with Gasteiger partial charge in [0.15, 0.2) is 0 Å². The van der Waals surface area contributed by atoms with Crippen LogP contribution in [0.3, 0.4) is 0 Å². The minimum Gasteiger partial charge on any atom is -0.456 e. The molecule has 11 rings (SSSR count). The summed E-state index contributed by atoms with van der Waals surface area (Å²) in [7, 11) is 0. The number of benzene rings is 9. The SMILES string of the molecule is c1ccc(-c2ccccc2N(c2ccc(-c3cccc(-c4ccccc4-n4c5ccccc5c5ccccc54)c3)cc2)c2cccc3oc4ccccc4c23)cc1. The fraction of sp³-hybridized carbons (Fsp3) is 0. The third-order valence-electron chi connectivity index (χ3n) is 11.2. The molecule has 0 aliphatic rings. The maximum absolute atomic E-state index is 6.40. The lowest BCUT2D eigenvalue weighted by atomic mass is 9.97. The molecule has 3 nitrogen and oxygen atoms in total. The first kappa shape index (κ1) is 32.8. The van der Waals surface area contributed by atoms with Crippen LogP contribution in [-0.2, 0) is 0 Å². The summed E-state index contributed by atoms with van der Waals surface area (Å²) in [5, 5.41) is 4.71. The first-order valence-electron chi connectivity index (χ1n) is 19.4. The standard InChI is InChI=1S/C54H36N2O/c1-2-16-38(17-3-1)42-20-4-9-25-47(42)55(51-29-15-31-53-54(51)46-24-8-13-30-52(46)57-53)41-34-32-37(33-35-41)39-18-14-19-40(36-39)43-21-5-10-26-48(43)56-49-27-11-6-22-44(49)45-23-7-12-28-50(45)56/h1-36H. The van der Waals surface area contributed by atoms with Gasteiger partial charge < -0.3 is 13.9 Å². The summed E-state index contributed by atoms with van der Waals surface area (Å²) in [5.41, 5.74) is 15.5. The predicted octanol–water partition coefficient (Wildman–Crippen LogP) is 15.2. The molecule has 0 aliphatic heterocycles. The molecule has 0 atom stereocenters. The second-order valence-corrected chi connectivity index (χ2v) is 14.5. The predicted molar refractivity (Wildman–Crippen MR) is 239 cm³/mol. The van der Waals surface area contributed by atoms with Crippen molar-refractivity contribution in [2.45, 2.75) is 0 Å². The van der Waals surface area contributed by atoms with Crippen molar-refractivity contribution in [3.8, 4) is 39.1 Å². The molecular formula is C54H36N2O. The highest BCUT2D eigenvalue weighted by atomic mass is 16.3. The van der Waals surface area contributed by atoms with Gasteiger partial charge in [0.05, 0.1) is 33.5 Å². The van der Waals surface area contributed by atoms with Crippen LogP contribution < -0.4 is 4.90 Å². The molecule has 0 saturated heterocycles. The van der Waals surface area contributed by atoms with Crippen LogP contribution >= 0.6 is 0 Å². The van der Waals surface area contributed by atoms with Gasteiger partial charge >= 0.3 is 0 Å². The molecule has 0 radical (unpaired) electrons. The third-order valence-corrected chi connectivity index (χ3v) is 11.2. The Morgan fingerprint density at radius 3 is 1.70 bits per heavy atom. The molecule has 0 saturated carbocycles. The molecule has 0 unspecified atom stereocenters. The second kappa shape index (κ2) is 13.6. The van der Waals surface area contributed by atoms with E-state index in [0.717, 1.165) is 66.9 Å². The van der Waals surface area contributed by atoms with E-state index in [9.17, 15) is 0 Å². The van der Waals surface area contributed by atoms with Crippen LogP contribution in [-0.4, -0.2) is 4.57 Å². The smallest absolute Gasteiger partial charge is 0.137 e. The molecule has 0 amide bonds. The minimum absolute atomic E-state index is 0.866. The molecular weight excluding hydrogens is 693 g/mol. The van der Waals surface area contributed by atoms with Gasteiger partial charge in [-0.15, -0.1) is 0 Å². The molecule has 57 heavy (non-hydrogen) atoms. The molecule has 0 spiro atoms. The van der Waals surface area contributed by atoms with Crippen molar-refractivity contribution in [1.82, 2.24) is 4.57 Å². The van der Waals surface area contributed by atoms with Crippen LogP contribution in [0.1, 0.15) is 0 Å². The van der Waals surface area contributed by atoms with Gasteiger partial charge in [-0.3, -0.25) is 0 Å². The highest BCUT2D eigenvalue weighted by Gasteiger charge is 2.22. The molecule has 0 bridgehead atoms. The van der Waals surface area contributed by atoms with Gasteiger partial charge in [0.2, 0.25) is 0 Å². The Kier molecular flexibility index (Phi) is 7.82. The zero-order chi connectivity index (χ0) is 37.7.